The first kappa shape index (κ1) is 8.87. The summed E-state index contributed by atoms with van der Waals surface area (Å²) in [5.41, 5.74) is 0.897. The number of hydrogen-bond donors (Lipinski definition) is 2. The summed E-state index contributed by atoms with van der Waals surface area (Å²) in [6, 6.07) is 5.80. The lowest BCUT2D eigenvalue weighted by Gasteiger charge is -1.92. The van der Waals surface area contributed by atoms with Gasteiger partial charge in [0, 0.05) is 12.6 Å². The minimum Gasteiger partial charge on any atom is -0.460 e. The molecule has 2 rings (SSSR count). The highest BCUT2D eigenvalue weighted by Gasteiger charge is 2.05. The van der Waals surface area contributed by atoms with Crippen molar-refractivity contribution in [3.05, 3.63) is 24.0 Å². The molecule has 0 saturated heterocycles. The highest BCUT2D eigenvalue weighted by atomic mass is 16.3. The third-order valence-electron chi connectivity index (χ3n) is 1.94. The van der Waals surface area contributed by atoms with Crippen LogP contribution in [0.15, 0.2) is 22.6 Å². The van der Waals surface area contributed by atoms with Gasteiger partial charge in [-0.3, -0.25) is 5.10 Å². The van der Waals surface area contributed by atoms with Gasteiger partial charge >= 0.3 is 0 Å². The van der Waals surface area contributed by atoms with Gasteiger partial charge in [-0.05, 0) is 26.0 Å². The fourth-order valence-corrected chi connectivity index (χ4v) is 1.30. The summed E-state index contributed by atoms with van der Waals surface area (Å²) in [6.45, 7) is 4.82. The normalized spacial score (nSPS) is 10.4. The van der Waals surface area contributed by atoms with Crippen molar-refractivity contribution < 1.29 is 4.42 Å². The molecular formula is C10H13N3O. The van der Waals surface area contributed by atoms with Gasteiger partial charge in [0.1, 0.15) is 17.3 Å². The summed E-state index contributed by atoms with van der Waals surface area (Å²) in [7, 11) is 0. The molecule has 0 fully saturated rings. The first-order valence-corrected chi connectivity index (χ1v) is 4.65. The van der Waals surface area contributed by atoms with Gasteiger partial charge in [-0.15, -0.1) is 0 Å². The predicted octanol–water partition coefficient (Wildman–Crippen LogP) is 2.41. The molecule has 14 heavy (non-hydrogen) atoms. The van der Waals surface area contributed by atoms with Crippen molar-refractivity contribution >= 4 is 5.82 Å². The van der Waals surface area contributed by atoms with Gasteiger partial charge in [-0.2, -0.15) is 5.10 Å². The van der Waals surface area contributed by atoms with Gasteiger partial charge in [0.15, 0.2) is 5.76 Å². The molecule has 0 aliphatic heterocycles. The Morgan fingerprint density at radius 1 is 1.50 bits per heavy atom. The minimum atomic E-state index is 0.819. The van der Waals surface area contributed by atoms with Crippen molar-refractivity contribution in [2.24, 2.45) is 0 Å². The number of hydrogen-bond acceptors (Lipinski definition) is 3. The number of rotatable bonds is 3. The Balaban J connectivity index is 2.24. The Morgan fingerprint density at radius 2 is 2.36 bits per heavy atom. The third-order valence-corrected chi connectivity index (χ3v) is 1.94. The Labute approximate surface area is 82.3 Å². The first-order valence-electron chi connectivity index (χ1n) is 4.65. The van der Waals surface area contributed by atoms with E-state index in [0.29, 0.717) is 0 Å². The molecular weight excluding hydrogens is 178 g/mol. The number of aromatic amines is 1. The molecule has 74 valence electrons. The molecule has 0 aliphatic rings. The van der Waals surface area contributed by atoms with Crippen LogP contribution in [0.3, 0.4) is 0 Å². The molecule has 0 unspecified atom stereocenters. The van der Waals surface area contributed by atoms with Crippen LogP contribution in [0.25, 0.3) is 11.5 Å². The van der Waals surface area contributed by atoms with Gasteiger partial charge in [-0.25, -0.2) is 0 Å². The van der Waals surface area contributed by atoms with Crippen LogP contribution in [-0.2, 0) is 0 Å². The molecule has 0 amide bonds. The van der Waals surface area contributed by atoms with Crippen LogP contribution in [0.5, 0.6) is 0 Å². The van der Waals surface area contributed by atoms with Crippen LogP contribution in [0.1, 0.15) is 12.7 Å². The molecule has 0 radical (unpaired) electrons. The molecule has 0 bridgehead atoms. The standard InChI is InChI=1S/C10H13N3O/c1-3-11-10-6-8(12-13-10)9-5-4-7(2)14-9/h4-6H,3H2,1-2H3,(H2,11,12,13). The maximum Gasteiger partial charge on any atom is 0.152 e. The monoisotopic (exact) mass is 191 g/mol. The van der Waals surface area contributed by atoms with Crippen molar-refractivity contribution in [2.45, 2.75) is 13.8 Å². The number of nitrogens with one attached hydrogen (secondary N) is 2. The van der Waals surface area contributed by atoms with Gasteiger partial charge in [-0.1, -0.05) is 0 Å². The van der Waals surface area contributed by atoms with Crippen LogP contribution in [0.4, 0.5) is 5.82 Å². The van der Waals surface area contributed by atoms with Gasteiger partial charge < -0.3 is 9.73 Å². The van der Waals surface area contributed by atoms with E-state index in [4.69, 9.17) is 4.42 Å². The van der Waals surface area contributed by atoms with E-state index in [-0.39, 0.29) is 0 Å². The lowest BCUT2D eigenvalue weighted by molar-refractivity contribution is 0.546. The van der Waals surface area contributed by atoms with Gasteiger partial charge in [0.25, 0.3) is 0 Å². The lowest BCUT2D eigenvalue weighted by atomic mass is 10.3. The van der Waals surface area contributed by atoms with E-state index in [1.54, 1.807) is 0 Å². The first-order chi connectivity index (χ1) is 6.79. The molecule has 2 aromatic heterocycles. The van der Waals surface area contributed by atoms with E-state index in [0.717, 1.165) is 29.6 Å². The van der Waals surface area contributed by atoms with Crippen molar-refractivity contribution in [1.29, 1.82) is 0 Å². The second kappa shape index (κ2) is 3.57. The van der Waals surface area contributed by atoms with Crippen LogP contribution in [0.2, 0.25) is 0 Å². The summed E-state index contributed by atoms with van der Waals surface area (Å²) in [5.74, 6) is 2.57. The van der Waals surface area contributed by atoms with Crippen molar-refractivity contribution in [3.8, 4) is 11.5 Å². The average molecular weight is 191 g/mol. The minimum absolute atomic E-state index is 0.819. The summed E-state index contributed by atoms with van der Waals surface area (Å²) in [5, 5.41) is 10.1. The highest BCUT2D eigenvalue weighted by Crippen LogP contribution is 2.21. The van der Waals surface area contributed by atoms with Crippen LogP contribution >= 0.6 is 0 Å². The van der Waals surface area contributed by atoms with E-state index in [9.17, 15) is 0 Å². The lowest BCUT2D eigenvalue weighted by Crippen LogP contribution is -1.95. The smallest absolute Gasteiger partial charge is 0.152 e. The second-order valence-corrected chi connectivity index (χ2v) is 3.11. The predicted molar refractivity (Wildman–Crippen MR) is 55.2 cm³/mol. The molecule has 4 heteroatoms. The fourth-order valence-electron chi connectivity index (χ4n) is 1.30. The highest BCUT2D eigenvalue weighted by molar-refractivity contribution is 5.57. The summed E-state index contributed by atoms with van der Waals surface area (Å²) in [4.78, 5) is 0. The molecule has 2 aromatic rings. The van der Waals surface area contributed by atoms with E-state index in [2.05, 4.69) is 15.5 Å². The molecule has 0 aliphatic carbocycles. The third kappa shape index (κ3) is 1.64. The number of H-pyrrole nitrogens is 1. The van der Waals surface area contributed by atoms with E-state index in [1.165, 1.54) is 0 Å². The van der Waals surface area contributed by atoms with E-state index >= 15 is 0 Å². The molecule has 0 saturated carbocycles. The van der Waals surface area contributed by atoms with Crippen molar-refractivity contribution in [3.63, 3.8) is 0 Å². The van der Waals surface area contributed by atoms with E-state index in [1.807, 2.05) is 32.0 Å². The quantitative estimate of drug-likeness (QED) is 0.783. The van der Waals surface area contributed by atoms with Crippen molar-refractivity contribution in [1.82, 2.24) is 10.2 Å². The Bertz CT molecular complexity index is 416. The Hall–Kier alpha value is -1.71. The number of nitrogens with zero attached hydrogens (tertiary/aromatic N) is 1. The zero-order chi connectivity index (χ0) is 9.97. The molecule has 2 heterocycles. The second-order valence-electron chi connectivity index (χ2n) is 3.11. The fraction of sp³-hybridized carbons (Fsp3) is 0.300. The molecule has 0 aromatic carbocycles. The van der Waals surface area contributed by atoms with Crippen molar-refractivity contribution in [2.75, 3.05) is 11.9 Å². The average Bonchev–Trinajstić information content (AvgIpc) is 2.74. The van der Waals surface area contributed by atoms with Crippen LogP contribution in [-0.4, -0.2) is 16.7 Å². The summed E-state index contributed by atoms with van der Waals surface area (Å²) < 4.78 is 5.46. The molecule has 2 N–H and O–H groups in total. The molecule has 4 nitrogen and oxygen atoms in total. The topological polar surface area (TPSA) is 53.9 Å². The maximum absolute atomic E-state index is 5.46. The zero-order valence-corrected chi connectivity index (χ0v) is 8.29. The molecule has 0 atom stereocenters. The largest absolute Gasteiger partial charge is 0.460 e. The number of anilines is 1. The van der Waals surface area contributed by atoms with Gasteiger partial charge in [0.05, 0.1) is 0 Å². The number of aryl methyl sites for hydroxylation is 1. The summed E-state index contributed by atoms with van der Waals surface area (Å²) in [6.07, 6.45) is 0. The van der Waals surface area contributed by atoms with Crippen LogP contribution < -0.4 is 5.32 Å². The Kier molecular flexibility index (Phi) is 2.26. The Morgan fingerprint density at radius 3 is 3.00 bits per heavy atom. The van der Waals surface area contributed by atoms with Gasteiger partial charge in [0.2, 0.25) is 0 Å². The summed E-state index contributed by atoms with van der Waals surface area (Å²) >= 11 is 0. The van der Waals surface area contributed by atoms with E-state index < -0.39 is 0 Å². The zero-order valence-electron chi connectivity index (χ0n) is 8.29. The van der Waals surface area contributed by atoms with Crippen LogP contribution in [0, 0.1) is 6.92 Å². The number of furan rings is 1. The molecule has 0 spiro atoms. The maximum atomic E-state index is 5.46. The SMILES string of the molecule is CCNc1cc(-c2ccc(C)o2)[nH]n1. The number of aromatic nitrogens is 2.